The Morgan fingerprint density at radius 1 is 1.15 bits per heavy atom. The summed E-state index contributed by atoms with van der Waals surface area (Å²) >= 11 is 12.5. The maximum atomic E-state index is 6.26. The molecule has 1 aliphatic carbocycles. The number of hydrogen-bond donors (Lipinski definition) is 0. The summed E-state index contributed by atoms with van der Waals surface area (Å²) in [5.41, 5.74) is 2.49. The SMILES string of the molecule is CC(C)(C)c1c(-c2c(Cl)cncc2Cl)noc1C1CC1. The van der Waals surface area contributed by atoms with E-state index in [2.05, 4.69) is 30.9 Å². The van der Waals surface area contributed by atoms with Crippen LogP contribution in [0.1, 0.15) is 50.9 Å². The number of halogens is 2. The van der Waals surface area contributed by atoms with Crippen LogP contribution >= 0.6 is 23.2 Å². The summed E-state index contributed by atoms with van der Waals surface area (Å²) in [4.78, 5) is 3.99. The van der Waals surface area contributed by atoms with Crippen molar-refractivity contribution in [3.05, 3.63) is 33.8 Å². The summed E-state index contributed by atoms with van der Waals surface area (Å²) in [5, 5.41) is 5.26. The van der Waals surface area contributed by atoms with Crippen LogP contribution in [0.2, 0.25) is 10.0 Å². The molecule has 2 aromatic heterocycles. The van der Waals surface area contributed by atoms with E-state index in [9.17, 15) is 0 Å². The van der Waals surface area contributed by atoms with E-state index in [1.54, 1.807) is 12.4 Å². The van der Waals surface area contributed by atoms with Gasteiger partial charge in [-0.15, -0.1) is 0 Å². The van der Waals surface area contributed by atoms with Gasteiger partial charge in [0.25, 0.3) is 0 Å². The van der Waals surface area contributed by atoms with Crippen molar-refractivity contribution in [2.45, 2.75) is 44.9 Å². The lowest BCUT2D eigenvalue weighted by atomic mass is 9.83. The van der Waals surface area contributed by atoms with Crippen LogP contribution in [-0.4, -0.2) is 10.1 Å². The molecular formula is C15H16Cl2N2O. The number of hydrogen-bond acceptors (Lipinski definition) is 3. The normalized spacial score (nSPS) is 15.7. The van der Waals surface area contributed by atoms with Crippen LogP contribution in [0.25, 0.3) is 11.3 Å². The lowest BCUT2D eigenvalue weighted by Gasteiger charge is -2.20. The van der Waals surface area contributed by atoms with E-state index in [-0.39, 0.29) is 5.41 Å². The van der Waals surface area contributed by atoms with Crippen LogP contribution in [0.15, 0.2) is 16.9 Å². The van der Waals surface area contributed by atoms with Gasteiger partial charge in [-0.25, -0.2) is 0 Å². The van der Waals surface area contributed by atoms with Gasteiger partial charge in [0, 0.05) is 29.4 Å². The van der Waals surface area contributed by atoms with Crippen molar-refractivity contribution >= 4 is 23.2 Å². The van der Waals surface area contributed by atoms with E-state index in [1.165, 1.54) is 0 Å². The zero-order valence-corrected chi connectivity index (χ0v) is 13.2. The fourth-order valence-electron chi connectivity index (χ4n) is 2.46. The average Bonchev–Trinajstić information content (AvgIpc) is 3.08. The third kappa shape index (κ3) is 2.33. The predicted octanol–water partition coefficient (Wildman–Crippen LogP) is 5.22. The minimum Gasteiger partial charge on any atom is -0.360 e. The molecule has 0 aromatic carbocycles. The third-order valence-electron chi connectivity index (χ3n) is 3.51. The summed E-state index contributed by atoms with van der Waals surface area (Å²) in [6.07, 6.45) is 5.49. The van der Waals surface area contributed by atoms with Crippen LogP contribution in [0.4, 0.5) is 0 Å². The zero-order chi connectivity index (χ0) is 14.5. The first kappa shape index (κ1) is 13.9. The smallest absolute Gasteiger partial charge is 0.144 e. The van der Waals surface area contributed by atoms with Crippen molar-refractivity contribution in [3.63, 3.8) is 0 Å². The highest BCUT2D eigenvalue weighted by molar-refractivity contribution is 6.38. The van der Waals surface area contributed by atoms with E-state index < -0.39 is 0 Å². The van der Waals surface area contributed by atoms with Gasteiger partial charge < -0.3 is 4.52 Å². The van der Waals surface area contributed by atoms with Crippen LogP contribution in [0.3, 0.4) is 0 Å². The molecule has 2 aromatic rings. The molecule has 1 saturated carbocycles. The van der Waals surface area contributed by atoms with Gasteiger partial charge in [-0.1, -0.05) is 49.1 Å². The number of nitrogens with zero attached hydrogens (tertiary/aromatic N) is 2. The topological polar surface area (TPSA) is 38.9 Å². The molecule has 0 saturated heterocycles. The molecule has 3 nitrogen and oxygen atoms in total. The van der Waals surface area contributed by atoms with Crippen molar-refractivity contribution in [2.24, 2.45) is 0 Å². The second-order valence-corrected chi connectivity index (χ2v) is 7.09. The molecule has 0 amide bonds. The first-order valence-corrected chi connectivity index (χ1v) is 7.44. The largest absolute Gasteiger partial charge is 0.360 e. The molecule has 0 N–H and O–H groups in total. The molecule has 2 heterocycles. The molecule has 0 unspecified atom stereocenters. The van der Waals surface area contributed by atoms with Crippen molar-refractivity contribution in [2.75, 3.05) is 0 Å². The highest BCUT2D eigenvalue weighted by atomic mass is 35.5. The maximum absolute atomic E-state index is 6.26. The summed E-state index contributed by atoms with van der Waals surface area (Å²) in [6, 6.07) is 0. The third-order valence-corrected chi connectivity index (χ3v) is 4.08. The van der Waals surface area contributed by atoms with E-state index in [0.717, 1.165) is 29.9 Å². The highest BCUT2D eigenvalue weighted by Gasteiger charge is 2.37. The lowest BCUT2D eigenvalue weighted by Crippen LogP contribution is -2.14. The molecular weight excluding hydrogens is 295 g/mol. The van der Waals surface area contributed by atoms with E-state index >= 15 is 0 Å². The van der Waals surface area contributed by atoms with Crippen LogP contribution in [0.5, 0.6) is 0 Å². The van der Waals surface area contributed by atoms with Crippen molar-refractivity contribution < 1.29 is 4.52 Å². The number of rotatable bonds is 2. The summed E-state index contributed by atoms with van der Waals surface area (Å²) in [6.45, 7) is 6.45. The number of aromatic nitrogens is 2. The molecule has 0 aliphatic heterocycles. The van der Waals surface area contributed by atoms with Gasteiger partial charge in [0.05, 0.1) is 10.0 Å². The van der Waals surface area contributed by atoms with Crippen molar-refractivity contribution in [1.29, 1.82) is 0 Å². The molecule has 0 spiro atoms. The van der Waals surface area contributed by atoms with Crippen molar-refractivity contribution in [1.82, 2.24) is 10.1 Å². The van der Waals surface area contributed by atoms with E-state index in [1.807, 2.05) is 0 Å². The standard InChI is InChI=1S/C15H16Cl2N2O/c1-15(2,3)12-13(19-20-14(12)8-4-5-8)11-9(16)6-18-7-10(11)17/h6-8H,4-5H2,1-3H3. The van der Waals surface area contributed by atoms with Crippen LogP contribution in [-0.2, 0) is 5.41 Å². The molecule has 3 rings (SSSR count). The molecule has 1 aliphatic rings. The van der Waals surface area contributed by atoms with Gasteiger partial charge in [-0.05, 0) is 18.3 Å². The van der Waals surface area contributed by atoms with Gasteiger partial charge in [0.2, 0.25) is 0 Å². The maximum Gasteiger partial charge on any atom is 0.144 e. The van der Waals surface area contributed by atoms with Gasteiger partial charge in [-0.3, -0.25) is 4.98 Å². The van der Waals surface area contributed by atoms with Crippen molar-refractivity contribution in [3.8, 4) is 11.3 Å². The fraction of sp³-hybridized carbons (Fsp3) is 0.467. The average molecular weight is 311 g/mol. The summed E-state index contributed by atoms with van der Waals surface area (Å²) in [7, 11) is 0. The Hall–Kier alpha value is -1.06. The Labute approximate surface area is 128 Å². The van der Waals surface area contributed by atoms with E-state index in [0.29, 0.717) is 21.5 Å². The lowest BCUT2D eigenvalue weighted by molar-refractivity contribution is 0.380. The Morgan fingerprint density at radius 3 is 2.25 bits per heavy atom. The summed E-state index contributed by atoms with van der Waals surface area (Å²) < 4.78 is 5.62. The Bertz CT molecular complexity index is 634. The second kappa shape index (κ2) is 4.74. The van der Waals surface area contributed by atoms with Gasteiger partial charge in [0.15, 0.2) is 0 Å². The van der Waals surface area contributed by atoms with Gasteiger partial charge >= 0.3 is 0 Å². The molecule has 0 bridgehead atoms. The molecule has 5 heteroatoms. The number of pyridine rings is 1. The molecule has 0 atom stereocenters. The molecule has 20 heavy (non-hydrogen) atoms. The minimum absolute atomic E-state index is 0.0802. The Balaban J connectivity index is 2.24. The quantitative estimate of drug-likeness (QED) is 0.763. The van der Waals surface area contributed by atoms with E-state index in [4.69, 9.17) is 27.7 Å². The molecule has 0 radical (unpaired) electrons. The first-order chi connectivity index (χ1) is 9.39. The molecule has 106 valence electrons. The van der Waals surface area contributed by atoms with Gasteiger partial charge in [-0.2, -0.15) is 0 Å². The minimum atomic E-state index is -0.0802. The fourth-order valence-corrected chi connectivity index (χ4v) is 3.00. The summed E-state index contributed by atoms with van der Waals surface area (Å²) in [5.74, 6) is 1.47. The monoisotopic (exact) mass is 310 g/mol. The van der Waals surface area contributed by atoms with Crippen LogP contribution in [0, 0.1) is 0 Å². The van der Waals surface area contributed by atoms with Gasteiger partial charge in [0.1, 0.15) is 11.5 Å². The highest BCUT2D eigenvalue weighted by Crippen LogP contribution is 2.48. The first-order valence-electron chi connectivity index (χ1n) is 6.69. The Kier molecular flexibility index (Phi) is 3.30. The zero-order valence-electron chi connectivity index (χ0n) is 11.7. The predicted molar refractivity (Wildman–Crippen MR) is 80.4 cm³/mol. The molecule has 1 fully saturated rings. The Morgan fingerprint density at radius 2 is 1.75 bits per heavy atom. The second-order valence-electron chi connectivity index (χ2n) is 6.27. The van der Waals surface area contributed by atoms with Crippen LogP contribution < -0.4 is 0 Å².